The minimum Gasteiger partial charge on any atom is -0.481 e. The van der Waals surface area contributed by atoms with Gasteiger partial charge in [0.2, 0.25) is 5.09 Å². The van der Waals surface area contributed by atoms with Crippen LogP contribution in [-0.4, -0.2) is 49.8 Å². The van der Waals surface area contributed by atoms with Crippen LogP contribution in [0.2, 0.25) is 0 Å². The van der Waals surface area contributed by atoms with E-state index in [9.17, 15) is 18.0 Å². The minimum atomic E-state index is -3.76. The Kier molecular flexibility index (Phi) is 5.13. The van der Waals surface area contributed by atoms with Crippen molar-refractivity contribution in [3.05, 3.63) is 17.9 Å². The predicted octanol–water partition coefficient (Wildman–Crippen LogP) is 0.369. The third-order valence-electron chi connectivity index (χ3n) is 3.04. The van der Waals surface area contributed by atoms with Crippen LogP contribution in [0.5, 0.6) is 0 Å². The summed E-state index contributed by atoms with van der Waals surface area (Å²) in [5.74, 6) is -2.69. The molecule has 0 aliphatic rings. The van der Waals surface area contributed by atoms with E-state index < -0.39 is 33.9 Å². The molecule has 118 valence electrons. The first kappa shape index (κ1) is 17.2. The second-order valence-electron chi connectivity index (χ2n) is 4.80. The molecule has 1 amide bonds. The van der Waals surface area contributed by atoms with Crippen LogP contribution < -0.4 is 5.32 Å². The van der Waals surface area contributed by atoms with Crippen molar-refractivity contribution in [3.63, 3.8) is 0 Å². The molecule has 0 saturated carbocycles. The van der Waals surface area contributed by atoms with E-state index in [2.05, 4.69) is 5.32 Å². The fraction of sp³-hybridized carbons (Fsp3) is 0.500. The van der Waals surface area contributed by atoms with Crippen molar-refractivity contribution in [1.29, 1.82) is 0 Å². The van der Waals surface area contributed by atoms with Gasteiger partial charge in [-0.2, -0.15) is 0 Å². The molecule has 1 aromatic rings. The molecule has 0 fully saturated rings. The van der Waals surface area contributed by atoms with Crippen molar-refractivity contribution in [1.82, 2.24) is 9.62 Å². The van der Waals surface area contributed by atoms with Gasteiger partial charge in [-0.25, -0.2) is 12.7 Å². The van der Waals surface area contributed by atoms with Crippen LogP contribution in [0, 0.1) is 5.92 Å². The lowest BCUT2D eigenvalue weighted by molar-refractivity contribution is -0.141. The number of hydrogen-bond acceptors (Lipinski definition) is 5. The van der Waals surface area contributed by atoms with Gasteiger partial charge in [0.15, 0.2) is 5.76 Å². The SMILES string of the molecule is CC(NC(=O)c1ccc(S(=O)(=O)N(C)C)o1)C(C)C(=O)O. The third kappa shape index (κ3) is 3.82. The van der Waals surface area contributed by atoms with Crippen molar-refractivity contribution in [3.8, 4) is 0 Å². The standard InChI is InChI=1S/C12H18N2O6S/c1-7(12(16)17)8(2)13-11(15)9-5-6-10(20-9)21(18,19)14(3)4/h5-8H,1-4H3,(H,13,15)(H,16,17). The molecule has 2 unspecified atom stereocenters. The monoisotopic (exact) mass is 318 g/mol. The van der Waals surface area contributed by atoms with Crippen LogP contribution in [0.4, 0.5) is 0 Å². The molecule has 2 atom stereocenters. The summed E-state index contributed by atoms with van der Waals surface area (Å²) < 4.78 is 29.6. The largest absolute Gasteiger partial charge is 0.481 e. The van der Waals surface area contributed by atoms with Crippen LogP contribution >= 0.6 is 0 Å². The van der Waals surface area contributed by atoms with Crippen molar-refractivity contribution in [2.45, 2.75) is 25.0 Å². The van der Waals surface area contributed by atoms with E-state index in [1.165, 1.54) is 40.1 Å². The highest BCUT2D eigenvalue weighted by atomic mass is 32.2. The Balaban J connectivity index is 2.87. The predicted molar refractivity (Wildman–Crippen MR) is 73.3 cm³/mol. The molecule has 0 aliphatic heterocycles. The lowest BCUT2D eigenvalue weighted by Gasteiger charge is -2.16. The minimum absolute atomic E-state index is 0.195. The number of furan rings is 1. The average Bonchev–Trinajstić information content (AvgIpc) is 2.87. The van der Waals surface area contributed by atoms with Gasteiger partial charge in [-0.15, -0.1) is 0 Å². The molecule has 8 nitrogen and oxygen atoms in total. The number of carboxylic acid groups (broad SMARTS) is 1. The van der Waals surface area contributed by atoms with E-state index in [1.807, 2.05) is 0 Å². The van der Waals surface area contributed by atoms with Crippen LogP contribution in [0.15, 0.2) is 21.6 Å². The molecule has 0 bridgehead atoms. The van der Waals surface area contributed by atoms with Gasteiger partial charge in [0.25, 0.3) is 15.9 Å². The van der Waals surface area contributed by atoms with Crippen LogP contribution in [0.3, 0.4) is 0 Å². The molecule has 2 N–H and O–H groups in total. The summed E-state index contributed by atoms with van der Waals surface area (Å²) in [7, 11) is -1.07. The highest BCUT2D eigenvalue weighted by Crippen LogP contribution is 2.17. The number of nitrogens with one attached hydrogen (secondary N) is 1. The van der Waals surface area contributed by atoms with E-state index in [0.717, 1.165) is 4.31 Å². The summed E-state index contributed by atoms with van der Waals surface area (Å²) in [6.07, 6.45) is 0. The van der Waals surface area contributed by atoms with Crippen LogP contribution in [0.1, 0.15) is 24.4 Å². The summed E-state index contributed by atoms with van der Waals surface area (Å²) in [4.78, 5) is 22.7. The lowest BCUT2D eigenvalue weighted by Crippen LogP contribution is -2.39. The molecule has 0 radical (unpaired) electrons. The second kappa shape index (κ2) is 6.27. The Bertz CT molecular complexity index is 634. The Morgan fingerprint density at radius 3 is 2.33 bits per heavy atom. The van der Waals surface area contributed by atoms with Crippen molar-refractivity contribution >= 4 is 21.9 Å². The molecule has 1 aromatic heterocycles. The van der Waals surface area contributed by atoms with Crippen molar-refractivity contribution in [2.24, 2.45) is 5.92 Å². The van der Waals surface area contributed by atoms with Gasteiger partial charge in [0.1, 0.15) is 0 Å². The van der Waals surface area contributed by atoms with Gasteiger partial charge in [-0.05, 0) is 26.0 Å². The zero-order valence-electron chi connectivity index (χ0n) is 12.2. The van der Waals surface area contributed by atoms with Gasteiger partial charge in [-0.3, -0.25) is 9.59 Å². The number of carbonyl (C=O) groups is 2. The first-order valence-electron chi connectivity index (χ1n) is 6.13. The highest BCUT2D eigenvalue weighted by molar-refractivity contribution is 7.88. The Labute approximate surface area is 122 Å². The number of rotatable bonds is 6. The number of carbonyl (C=O) groups excluding carboxylic acids is 1. The maximum atomic E-state index is 11.9. The maximum absolute atomic E-state index is 11.9. The second-order valence-corrected chi connectivity index (χ2v) is 6.88. The molecule has 1 heterocycles. The third-order valence-corrected chi connectivity index (χ3v) is 4.73. The fourth-order valence-electron chi connectivity index (χ4n) is 1.38. The number of nitrogens with zero attached hydrogens (tertiary/aromatic N) is 1. The molecule has 0 spiro atoms. The first-order chi connectivity index (χ1) is 9.57. The molecule has 0 saturated heterocycles. The summed E-state index contributed by atoms with van der Waals surface area (Å²) in [5.41, 5.74) is 0. The van der Waals surface area contributed by atoms with E-state index in [1.54, 1.807) is 0 Å². The van der Waals surface area contributed by atoms with E-state index in [-0.39, 0.29) is 10.9 Å². The molecule has 0 aromatic carbocycles. The average molecular weight is 318 g/mol. The highest BCUT2D eigenvalue weighted by Gasteiger charge is 2.26. The topological polar surface area (TPSA) is 117 Å². The quantitative estimate of drug-likeness (QED) is 0.782. The normalized spacial score (nSPS) is 14.7. The molecular weight excluding hydrogens is 300 g/mol. The smallest absolute Gasteiger partial charge is 0.308 e. The molecule has 21 heavy (non-hydrogen) atoms. The summed E-state index contributed by atoms with van der Waals surface area (Å²) in [5, 5.41) is 10.9. The summed E-state index contributed by atoms with van der Waals surface area (Å²) in [6, 6.07) is 1.77. The van der Waals surface area contributed by atoms with E-state index in [0.29, 0.717) is 0 Å². The van der Waals surface area contributed by atoms with Gasteiger partial charge >= 0.3 is 5.97 Å². The number of amides is 1. The molecule has 1 rings (SSSR count). The summed E-state index contributed by atoms with van der Waals surface area (Å²) >= 11 is 0. The lowest BCUT2D eigenvalue weighted by atomic mass is 10.0. The van der Waals surface area contributed by atoms with Gasteiger partial charge in [0.05, 0.1) is 5.92 Å². The Hall–Kier alpha value is -1.87. The zero-order valence-corrected chi connectivity index (χ0v) is 13.0. The molecular formula is C12H18N2O6S. The molecule has 9 heteroatoms. The van der Waals surface area contributed by atoms with Crippen molar-refractivity contribution < 1.29 is 27.5 Å². The van der Waals surface area contributed by atoms with Gasteiger partial charge < -0.3 is 14.8 Å². The first-order valence-corrected chi connectivity index (χ1v) is 7.57. The zero-order chi connectivity index (χ0) is 16.4. The van der Waals surface area contributed by atoms with Crippen LogP contribution in [0.25, 0.3) is 0 Å². The van der Waals surface area contributed by atoms with Gasteiger partial charge in [0, 0.05) is 20.1 Å². The number of aliphatic carboxylic acids is 1. The number of sulfonamides is 1. The fourth-order valence-corrected chi connectivity index (χ4v) is 2.17. The van der Waals surface area contributed by atoms with E-state index in [4.69, 9.17) is 9.52 Å². The molecule has 0 aliphatic carbocycles. The Morgan fingerprint density at radius 2 is 1.86 bits per heavy atom. The van der Waals surface area contributed by atoms with E-state index >= 15 is 0 Å². The van der Waals surface area contributed by atoms with Crippen LogP contribution in [-0.2, 0) is 14.8 Å². The summed E-state index contributed by atoms with van der Waals surface area (Å²) in [6.45, 7) is 2.99. The number of hydrogen-bond donors (Lipinski definition) is 2. The number of carboxylic acids is 1. The Morgan fingerprint density at radius 1 is 1.29 bits per heavy atom. The maximum Gasteiger partial charge on any atom is 0.308 e. The van der Waals surface area contributed by atoms with Gasteiger partial charge in [-0.1, -0.05) is 0 Å². The van der Waals surface area contributed by atoms with Crippen molar-refractivity contribution in [2.75, 3.05) is 14.1 Å².